The second-order valence-electron chi connectivity index (χ2n) is 7.06. The van der Waals surface area contributed by atoms with Gasteiger partial charge in [-0.1, -0.05) is 42.5 Å². The van der Waals surface area contributed by atoms with Gasteiger partial charge in [0.05, 0.1) is 6.42 Å². The van der Waals surface area contributed by atoms with Crippen molar-refractivity contribution < 1.29 is 18.7 Å². The third-order valence-electron chi connectivity index (χ3n) is 5.07. The molecule has 0 aliphatic rings. The van der Waals surface area contributed by atoms with Crippen LogP contribution in [0.3, 0.4) is 0 Å². The number of benzene rings is 3. The minimum atomic E-state index is -0.502. The molecule has 0 saturated heterocycles. The Morgan fingerprint density at radius 1 is 0.968 bits per heavy atom. The van der Waals surface area contributed by atoms with Gasteiger partial charge in [-0.15, -0.1) is 11.8 Å². The molecule has 0 unspecified atom stereocenters. The van der Waals surface area contributed by atoms with Gasteiger partial charge in [-0.25, -0.2) is 4.79 Å². The van der Waals surface area contributed by atoms with Crippen molar-refractivity contribution in [3.8, 4) is 0 Å². The Balaban J connectivity index is 1.46. The number of ketones is 1. The van der Waals surface area contributed by atoms with Crippen molar-refractivity contribution in [2.75, 3.05) is 6.26 Å². The van der Waals surface area contributed by atoms with Crippen LogP contribution in [-0.4, -0.2) is 18.0 Å². The predicted octanol–water partition coefficient (Wildman–Crippen LogP) is 5.37. The zero-order chi connectivity index (χ0) is 21.8. The highest BCUT2D eigenvalue weighted by Crippen LogP contribution is 2.27. The van der Waals surface area contributed by atoms with Crippen molar-refractivity contribution in [3.05, 3.63) is 88.3 Å². The van der Waals surface area contributed by atoms with Crippen LogP contribution < -0.4 is 5.63 Å². The Bertz CT molecular complexity index is 1320. The van der Waals surface area contributed by atoms with Crippen LogP contribution in [0.15, 0.2) is 80.8 Å². The molecule has 0 saturated carbocycles. The van der Waals surface area contributed by atoms with E-state index in [1.54, 1.807) is 30.0 Å². The molecule has 4 aromatic rings. The molecule has 0 spiro atoms. The van der Waals surface area contributed by atoms with Crippen molar-refractivity contribution in [2.45, 2.75) is 24.3 Å². The minimum absolute atomic E-state index is 0.0246. The highest BCUT2D eigenvalue weighted by atomic mass is 32.2. The standard InChI is InChI=1S/C25H20O5S/c1-31-19-9-6-17(7-10-19)21(26)11-13-23(27)29-15-18-14-24(28)30-22-12-8-16-4-2-3-5-20(16)25(18)22/h2-10,12,14H,11,13,15H2,1H3. The molecule has 6 heteroatoms. The molecule has 1 aromatic heterocycles. The summed E-state index contributed by atoms with van der Waals surface area (Å²) >= 11 is 1.60. The number of Topliss-reactive ketones (excluding diaryl/α,β-unsaturated/α-hetero) is 1. The van der Waals surface area contributed by atoms with Crippen LogP contribution in [0, 0.1) is 0 Å². The Morgan fingerprint density at radius 2 is 1.74 bits per heavy atom. The summed E-state index contributed by atoms with van der Waals surface area (Å²) in [5.41, 5.74) is 1.10. The van der Waals surface area contributed by atoms with Gasteiger partial charge in [-0.2, -0.15) is 0 Å². The van der Waals surface area contributed by atoms with E-state index in [4.69, 9.17) is 9.15 Å². The van der Waals surface area contributed by atoms with Crippen LogP contribution in [-0.2, 0) is 16.1 Å². The van der Waals surface area contributed by atoms with Crippen LogP contribution in [0.2, 0.25) is 0 Å². The molecule has 0 aliphatic carbocycles. The number of fused-ring (bicyclic) bond motifs is 3. The van der Waals surface area contributed by atoms with Crippen LogP contribution in [0.25, 0.3) is 21.7 Å². The first-order valence-corrected chi connectivity index (χ1v) is 11.0. The summed E-state index contributed by atoms with van der Waals surface area (Å²) in [7, 11) is 0. The fourth-order valence-electron chi connectivity index (χ4n) is 3.50. The fourth-order valence-corrected chi connectivity index (χ4v) is 3.91. The van der Waals surface area contributed by atoms with Gasteiger partial charge < -0.3 is 9.15 Å². The van der Waals surface area contributed by atoms with Crippen LogP contribution >= 0.6 is 11.8 Å². The number of thioether (sulfide) groups is 1. The molecule has 0 fully saturated rings. The van der Waals surface area contributed by atoms with Crippen LogP contribution in [0.1, 0.15) is 28.8 Å². The summed E-state index contributed by atoms with van der Waals surface area (Å²) in [5, 5.41) is 2.66. The summed E-state index contributed by atoms with van der Waals surface area (Å²) in [4.78, 5) is 37.6. The first kappa shape index (κ1) is 20.9. The van der Waals surface area contributed by atoms with E-state index in [1.807, 2.05) is 48.7 Å². The molecule has 3 aromatic carbocycles. The van der Waals surface area contributed by atoms with E-state index in [9.17, 15) is 14.4 Å². The molecule has 0 amide bonds. The van der Waals surface area contributed by atoms with E-state index >= 15 is 0 Å². The van der Waals surface area contributed by atoms with Crippen LogP contribution in [0.5, 0.6) is 0 Å². The molecule has 5 nitrogen and oxygen atoms in total. The highest BCUT2D eigenvalue weighted by Gasteiger charge is 2.14. The van der Waals surface area contributed by atoms with Gasteiger partial charge in [0.1, 0.15) is 12.2 Å². The van der Waals surface area contributed by atoms with Gasteiger partial charge in [0.15, 0.2) is 5.78 Å². The van der Waals surface area contributed by atoms with E-state index in [0.29, 0.717) is 16.7 Å². The number of hydrogen-bond acceptors (Lipinski definition) is 6. The van der Waals surface area contributed by atoms with Crippen molar-refractivity contribution in [1.82, 2.24) is 0 Å². The van der Waals surface area contributed by atoms with Gasteiger partial charge in [0.2, 0.25) is 0 Å². The zero-order valence-electron chi connectivity index (χ0n) is 16.9. The quantitative estimate of drug-likeness (QED) is 0.128. The SMILES string of the molecule is CSc1ccc(C(=O)CCC(=O)OCc2cc(=O)oc3ccc4ccccc4c23)cc1. The van der Waals surface area contributed by atoms with Crippen molar-refractivity contribution in [1.29, 1.82) is 0 Å². The fraction of sp³-hybridized carbons (Fsp3) is 0.160. The highest BCUT2D eigenvalue weighted by molar-refractivity contribution is 7.98. The molecular weight excluding hydrogens is 412 g/mol. The second-order valence-corrected chi connectivity index (χ2v) is 7.94. The van der Waals surface area contributed by atoms with Crippen molar-refractivity contribution in [3.63, 3.8) is 0 Å². The molecular formula is C25H20O5S. The molecule has 0 radical (unpaired) electrons. The maximum absolute atomic E-state index is 12.3. The number of esters is 1. The normalized spacial score (nSPS) is 11.0. The molecule has 4 rings (SSSR count). The smallest absolute Gasteiger partial charge is 0.336 e. The van der Waals surface area contributed by atoms with Gasteiger partial charge in [-0.3, -0.25) is 9.59 Å². The average molecular weight is 432 g/mol. The number of rotatable bonds is 7. The Labute approximate surface area is 183 Å². The lowest BCUT2D eigenvalue weighted by atomic mass is 10.0. The topological polar surface area (TPSA) is 73.6 Å². The lowest BCUT2D eigenvalue weighted by Crippen LogP contribution is -2.10. The summed E-state index contributed by atoms with van der Waals surface area (Å²) in [6.07, 6.45) is 2.01. The van der Waals surface area contributed by atoms with E-state index < -0.39 is 11.6 Å². The lowest BCUT2D eigenvalue weighted by Gasteiger charge is -2.09. The maximum Gasteiger partial charge on any atom is 0.336 e. The number of carbonyl (C=O) groups excluding carboxylic acids is 2. The number of carbonyl (C=O) groups is 2. The molecule has 0 N–H and O–H groups in total. The van der Waals surface area contributed by atoms with Crippen LogP contribution in [0.4, 0.5) is 0 Å². The third-order valence-corrected chi connectivity index (χ3v) is 5.81. The van der Waals surface area contributed by atoms with Crippen molar-refractivity contribution in [2.24, 2.45) is 0 Å². The van der Waals surface area contributed by atoms with E-state index in [1.165, 1.54) is 6.07 Å². The largest absolute Gasteiger partial charge is 0.461 e. The molecule has 156 valence electrons. The summed E-state index contributed by atoms with van der Waals surface area (Å²) in [6, 6.07) is 20.0. The Kier molecular flexibility index (Phi) is 6.18. The van der Waals surface area contributed by atoms with E-state index in [-0.39, 0.29) is 25.2 Å². The predicted molar refractivity (Wildman–Crippen MR) is 122 cm³/mol. The Morgan fingerprint density at radius 3 is 2.52 bits per heavy atom. The average Bonchev–Trinajstić information content (AvgIpc) is 2.80. The molecule has 1 heterocycles. The molecule has 31 heavy (non-hydrogen) atoms. The molecule has 0 aliphatic heterocycles. The second kappa shape index (κ2) is 9.18. The minimum Gasteiger partial charge on any atom is -0.461 e. The summed E-state index contributed by atoms with van der Waals surface area (Å²) in [5.74, 6) is -0.600. The zero-order valence-corrected chi connectivity index (χ0v) is 17.7. The molecule has 0 bridgehead atoms. The molecule has 0 atom stereocenters. The van der Waals surface area contributed by atoms with Gasteiger partial charge in [0.25, 0.3) is 0 Å². The van der Waals surface area contributed by atoms with Gasteiger partial charge >= 0.3 is 11.6 Å². The number of hydrogen-bond donors (Lipinski definition) is 0. The summed E-state index contributed by atoms with van der Waals surface area (Å²) in [6.45, 7) is -0.0639. The van der Waals surface area contributed by atoms with Gasteiger partial charge in [0, 0.05) is 33.9 Å². The monoisotopic (exact) mass is 432 g/mol. The maximum atomic E-state index is 12.3. The summed E-state index contributed by atoms with van der Waals surface area (Å²) < 4.78 is 10.7. The van der Waals surface area contributed by atoms with Gasteiger partial charge in [-0.05, 0) is 35.2 Å². The number of ether oxygens (including phenoxy) is 1. The van der Waals surface area contributed by atoms with Crippen molar-refractivity contribution >= 4 is 45.3 Å². The van der Waals surface area contributed by atoms with E-state index in [2.05, 4.69) is 0 Å². The van der Waals surface area contributed by atoms with E-state index in [0.717, 1.165) is 21.1 Å². The first-order chi connectivity index (χ1) is 15.0. The Hall–Kier alpha value is -3.38. The third kappa shape index (κ3) is 4.70. The lowest BCUT2D eigenvalue weighted by molar-refractivity contribution is -0.144. The first-order valence-electron chi connectivity index (χ1n) is 9.82.